The van der Waals surface area contributed by atoms with E-state index in [1.807, 2.05) is 26.0 Å². The lowest BCUT2D eigenvalue weighted by Crippen LogP contribution is -2.40. The first-order valence-corrected chi connectivity index (χ1v) is 12.3. The Labute approximate surface area is 199 Å². The molecule has 0 aliphatic heterocycles. The van der Waals surface area contributed by atoms with E-state index in [9.17, 15) is 19.8 Å². The van der Waals surface area contributed by atoms with Crippen LogP contribution in [-0.2, 0) is 22.4 Å². The number of ketones is 1. The lowest BCUT2D eigenvalue weighted by atomic mass is 9.80. The number of methoxy groups -OCH3 is 1. The molecule has 33 heavy (non-hydrogen) atoms. The van der Waals surface area contributed by atoms with Gasteiger partial charge in [0.25, 0.3) is 0 Å². The minimum absolute atomic E-state index is 0.0674. The zero-order chi connectivity index (χ0) is 25.1. The topological polar surface area (TPSA) is 110 Å². The first-order chi connectivity index (χ1) is 15.5. The van der Waals surface area contributed by atoms with Gasteiger partial charge >= 0.3 is 5.97 Å². The maximum Gasteiger partial charge on any atom is 0.306 e. The average molecular weight is 464 g/mol. The summed E-state index contributed by atoms with van der Waals surface area (Å²) in [6.45, 7) is 10.6. The number of ether oxygens (including phenoxy) is 1. The van der Waals surface area contributed by atoms with Crippen molar-refractivity contribution < 1.29 is 24.5 Å². The molecule has 4 N–H and O–H groups in total. The third-order valence-corrected chi connectivity index (χ3v) is 6.74. The van der Waals surface area contributed by atoms with Gasteiger partial charge in [-0.05, 0) is 67.1 Å². The summed E-state index contributed by atoms with van der Waals surface area (Å²) in [5.41, 5.74) is 9.28. The quantitative estimate of drug-likeness (QED) is 0.246. The number of aliphatic hydroxyl groups excluding tert-OH is 1. The predicted octanol–water partition coefficient (Wildman–Crippen LogP) is 4.50. The summed E-state index contributed by atoms with van der Waals surface area (Å²) in [7, 11) is 1.64. The molecule has 6 nitrogen and oxygen atoms in total. The molecule has 4 atom stereocenters. The van der Waals surface area contributed by atoms with Gasteiger partial charge in [-0.1, -0.05) is 46.8 Å². The van der Waals surface area contributed by atoms with Crippen LogP contribution in [0.3, 0.4) is 0 Å². The minimum Gasteiger partial charge on any atom is -0.481 e. The zero-order valence-electron chi connectivity index (χ0n) is 21.3. The van der Waals surface area contributed by atoms with Crippen LogP contribution in [0, 0.1) is 23.7 Å². The van der Waals surface area contributed by atoms with E-state index in [0.29, 0.717) is 31.8 Å². The molecule has 0 bridgehead atoms. The molecule has 0 amide bonds. The Kier molecular flexibility index (Phi) is 12.9. The first kappa shape index (κ1) is 29.3. The van der Waals surface area contributed by atoms with Gasteiger partial charge in [-0.25, -0.2) is 0 Å². The second-order valence-electron chi connectivity index (χ2n) is 9.96. The molecule has 0 spiro atoms. The van der Waals surface area contributed by atoms with E-state index in [-0.39, 0.29) is 24.0 Å². The van der Waals surface area contributed by atoms with Gasteiger partial charge in [0.1, 0.15) is 0 Å². The monoisotopic (exact) mass is 463 g/mol. The highest BCUT2D eigenvalue weighted by atomic mass is 16.5. The molecule has 1 aromatic carbocycles. The van der Waals surface area contributed by atoms with Crippen LogP contribution in [0.5, 0.6) is 0 Å². The Morgan fingerprint density at radius 2 is 1.76 bits per heavy atom. The van der Waals surface area contributed by atoms with Crippen molar-refractivity contribution >= 4 is 11.8 Å². The Hall–Kier alpha value is -1.76. The lowest BCUT2D eigenvalue weighted by Gasteiger charge is -2.29. The Morgan fingerprint density at radius 3 is 2.27 bits per heavy atom. The average Bonchev–Trinajstić information content (AvgIpc) is 2.76. The van der Waals surface area contributed by atoms with Gasteiger partial charge < -0.3 is 20.7 Å². The number of Topliss-reactive ketones (excluding diaryl/α,β-unsaturated/α-hetero) is 1. The van der Waals surface area contributed by atoms with Crippen molar-refractivity contribution in [2.75, 3.05) is 13.7 Å². The number of hydrogen-bond donors (Lipinski definition) is 3. The SMILES string of the molecule is CCc1ccc(CC(CC(N)C(O)CC(C(=O)O)C(C)C)C(C)C)cc1C(=O)CCCOC. The third-order valence-electron chi connectivity index (χ3n) is 6.74. The molecule has 0 saturated heterocycles. The van der Waals surface area contributed by atoms with Crippen molar-refractivity contribution in [1.82, 2.24) is 0 Å². The minimum atomic E-state index is -0.893. The molecule has 0 aromatic heterocycles. The molecule has 0 fully saturated rings. The van der Waals surface area contributed by atoms with Crippen LogP contribution < -0.4 is 5.73 Å². The molecule has 0 aliphatic carbocycles. The van der Waals surface area contributed by atoms with Crippen LogP contribution in [-0.4, -0.2) is 47.8 Å². The van der Waals surface area contributed by atoms with Crippen LogP contribution in [0.15, 0.2) is 18.2 Å². The Morgan fingerprint density at radius 1 is 1.09 bits per heavy atom. The largest absolute Gasteiger partial charge is 0.481 e. The number of aliphatic carboxylic acids is 1. The fourth-order valence-electron chi connectivity index (χ4n) is 4.32. The van der Waals surface area contributed by atoms with Gasteiger partial charge in [0, 0.05) is 31.7 Å². The van der Waals surface area contributed by atoms with Gasteiger partial charge in [-0.15, -0.1) is 0 Å². The maximum absolute atomic E-state index is 12.8. The van der Waals surface area contributed by atoms with Crippen LogP contribution in [0.4, 0.5) is 0 Å². The fraction of sp³-hybridized carbons (Fsp3) is 0.704. The van der Waals surface area contributed by atoms with Gasteiger partial charge in [-0.3, -0.25) is 9.59 Å². The molecular formula is C27H45NO5. The molecular weight excluding hydrogens is 418 g/mol. The smallest absolute Gasteiger partial charge is 0.306 e. The van der Waals surface area contributed by atoms with E-state index in [4.69, 9.17) is 10.5 Å². The molecule has 0 heterocycles. The van der Waals surface area contributed by atoms with E-state index >= 15 is 0 Å². The van der Waals surface area contributed by atoms with E-state index < -0.39 is 24.0 Å². The second kappa shape index (κ2) is 14.5. The number of carboxylic acid groups (broad SMARTS) is 1. The number of nitrogens with two attached hydrogens (primary N) is 1. The van der Waals surface area contributed by atoms with Crippen molar-refractivity contribution in [3.05, 3.63) is 34.9 Å². The van der Waals surface area contributed by atoms with Crippen molar-refractivity contribution in [2.45, 2.75) is 85.3 Å². The summed E-state index contributed by atoms with van der Waals surface area (Å²) in [5, 5.41) is 20.1. The molecule has 188 valence electrons. The van der Waals surface area contributed by atoms with Crippen molar-refractivity contribution in [1.29, 1.82) is 0 Å². The molecule has 1 rings (SSSR count). The normalized spacial score (nSPS) is 15.5. The van der Waals surface area contributed by atoms with E-state index in [1.54, 1.807) is 7.11 Å². The summed E-state index contributed by atoms with van der Waals surface area (Å²) >= 11 is 0. The molecule has 0 saturated carbocycles. The van der Waals surface area contributed by atoms with Crippen molar-refractivity contribution in [3.63, 3.8) is 0 Å². The van der Waals surface area contributed by atoms with Gasteiger partial charge in [0.2, 0.25) is 0 Å². The van der Waals surface area contributed by atoms with E-state index in [2.05, 4.69) is 26.8 Å². The molecule has 1 aromatic rings. The van der Waals surface area contributed by atoms with Crippen molar-refractivity contribution in [3.8, 4) is 0 Å². The number of carboxylic acids is 1. The zero-order valence-corrected chi connectivity index (χ0v) is 21.3. The number of carbonyl (C=O) groups is 2. The Bertz CT molecular complexity index is 746. The molecule has 0 aliphatic rings. The third kappa shape index (κ3) is 9.55. The van der Waals surface area contributed by atoms with Crippen LogP contribution in [0.2, 0.25) is 0 Å². The van der Waals surface area contributed by atoms with Gasteiger partial charge in [0.15, 0.2) is 5.78 Å². The number of aliphatic hydroxyl groups is 1. The highest BCUT2D eigenvalue weighted by Crippen LogP contribution is 2.27. The van der Waals surface area contributed by atoms with Crippen LogP contribution in [0.25, 0.3) is 0 Å². The Balaban J connectivity index is 2.94. The summed E-state index contributed by atoms with van der Waals surface area (Å²) in [5.74, 6) is -0.891. The van der Waals surface area contributed by atoms with Gasteiger partial charge in [0.05, 0.1) is 12.0 Å². The number of carbonyl (C=O) groups excluding carboxylic acids is 1. The van der Waals surface area contributed by atoms with E-state index in [0.717, 1.165) is 29.5 Å². The standard InChI is InChI=1S/C27H45NO5/c1-7-20-11-10-19(14-23(20)25(29)9-8-12-33-6)13-21(17(2)3)15-24(28)26(30)16-22(18(4)5)27(31)32/h10-11,14,17-18,21-22,24,26,30H,7-9,12-13,15-16,28H2,1-6H3,(H,31,32). The summed E-state index contributed by atoms with van der Waals surface area (Å²) in [6.07, 6.45) is 2.62. The first-order valence-electron chi connectivity index (χ1n) is 12.3. The van der Waals surface area contributed by atoms with Crippen LogP contribution in [0.1, 0.15) is 81.8 Å². The molecule has 4 unspecified atom stereocenters. The highest BCUT2D eigenvalue weighted by molar-refractivity contribution is 5.97. The number of benzene rings is 1. The summed E-state index contributed by atoms with van der Waals surface area (Å²) in [6, 6.07) is 5.65. The lowest BCUT2D eigenvalue weighted by molar-refractivity contribution is -0.144. The van der Waals surface area contributed by atoms with Gasteiger partial charge in [-0.2, -0.15) is 0 Å². The number of rotatable bonds is 16. The number of hydrogen-bond acceptors (Lipinski definition) is 5. The summed E-state index contributed by atoms with van der Waals surface area (Å²) < 4.78 is 5.08. The molecule has 6 heteroatoms. The van der Waals surface area contributed by atoms with Crippen LogP contribution >= 0.6 is 0 Å². The fourth-order valence-corrected chi connectivity index (χ4v) is 4.32. The highest BCUT2D eigenvalue weighted by Gasteiger charge is 2.29. The predicted molar refractivity (Wildman–Crippen MR) is 132 cm³/mol. The number of aryl methyl sites for hydroxylation is 1. The molecule has 0 radical (unpaired) electrons. The second-order valence-corrected chi connectivity index (χ2v) is 9.96. The van der Waals surface area contributed by atoms with Crippen molar-refractivity contribution in [2.24, 2.45) is 29.4 Å². The van der Waals surface area contributed by atoms with E-state index in [1.165, 1.54) is 0 Å². The summed E-state index contributed by atoms with van der Waals surface area (Å²) in [4.78, 5) is 24.3. The maximum atomic E-state index is 12.8.